The predicted octanol–water partition coefficient (Wildman–Crippen LogP) is -6.82. The van der Waals surface area contributed by atoms with Crippen LogP contribution in [0.3, 0.4) is 0 Å². The third kappa shape index (κ3) is 40.3. The van der Waals surface area contributed by atoms with Gasteiger partial charge in [-0.2, -0.15) is 11.8 Å². The van der Waals surface area contributed by atoms with Crippen molar-refractivity contribution >= 4 is 129 Å². The number of H-pyrrole nitrogens is 2. The number of carbonyl (C=O) groups excluding carboxylic acids is 16. The van der Waals surface area contributed by atoms with Crippen molar-refractivity contribution in [2.24, 2.45) is 23.3 Å². The lowest BCUT2D eigenvalue weighted by molar-refractivity contribution is -0.135. The molecule has 0 saturated carbocycles. The Hall–Kier alpha value is -10.0. The van der Waals surface area contributed by atoms with Crippen LogP contribution < -0.4 is 85.9 Å². The van der Waals surface area contributed by atoms with E-state index in [-0.39, 0.29) is 128 Å². The monoisotopic (exact) mass is 1630 g/mol. The van der Waals surface area contributed by atoms with E-state index in [0.29, 0.717) is 27.9 Å². The van der Waals surface area contributed by atoms with Gasteiger partial charge in [-0.3, -0.25) is 76.7 Å². The second-order valence-corrected chi connectivity index (χ2v) is 28.9. The van der Waals surface area contributed by atoms with Crippen LogP contribution in [0.2, 0.25) is 0 Å². The first-order valence-electron chi connectivity index (χ1n) is 36.5. The van der Waals surface area contributed by atoms with Crippen molar-refractivity contribution in [2.45, 2.75) is 134 Å². The number of nitrogens with zero attached hydrogens (tertiary/aromatic N) is 2. The third-order valence-corrected chi connectivity index (χ3v) is 17.7. The number of aromatic nitrogens is 3. The molecular weight excluding hydrogens is 1520 g/mol. The van der Waals surface area contributed by atoms with E-state index in [1.807, 2.05) is 20.1 Å². The van der Waals surface area contributed by atoms with Crippen LogP contribution in [0.1, 0.15) is 78.5 Å². The Labute approximate surface area is 663 Å². The Balaban J connectivity index is 1.49. The zero-order valence-electron chi connectivity index (χ0n) is 65.1. The lowest BCUT2D eigenvalue weighted by Crippen LogP contribution is -2.59. The minimum absolute atomic E-state index is 0.0182. The highest BCUT2D eigenvalue weighted by Crippen LogP contribution is 2.20. The zero-order valence-corrected chi connectivity index (χ0v) is 66.8. The van der Waals surface area contributed by atoms with Gasteiger partial charge in [-0.15, -0.1) is 11.8 Å². The summed E-state index contributed by atoms with van der Waals surface area (Å²) >= 11 is 2.55. The Kier molecular flexibility index (Phi) is 46.3. The third-order valence-electron chi connectivity index (χ3n) is 16.1. The number of likely N-dealkylation sites (N-methyl/N-ethyl adjacent to an activating group) is 1. The maximum absolute atomic E-state index is 14.3. The minimum atomic E-state index is -1.44. The van der Waals surface area contributed by atoms with Gasteiger partial charge in [0, 0.05) is 74.0 Å². The summed E-state index contributed by atoms with van der Waals surface area (Å²) in [5, 5.41) is 46.1. The number of ether oxygens (including phenoxy) is 4. The largest absolute Gasteiger partial charge is 0.394 e. The van der Waals surface area contributed by atoms with Gasteiger partial charge in [0.1, 0.15) is 67.6 Å². The topological polar surface area (TPSA) is 598 Å². The molecule has 0 bridgehead atoms. The van der Waals surface area contributed by atoms with Crippen molar-refractivity contribution in [2.75, 3.05) is 130 Å². The van der Waals surface area contributed by atoms with E-state index in [1.54, 1.807) is 63.3 Å². The van der Waals surface area contributed by atoms with Gasteiger partial charge in [0.15, 0.2) is 0 Å². The Morgan fingerprint density at radius 2 is 1.11 bits per heavy atom. The molecule has 0 aliphatic rings. The Morgan fingerprint density at radius 1 is 0.549 bits per heavy atom. The van der Waals surface area contributed by atoms with Crippen molar-refractivity contribution in [3.8, 4) is 0 Å². The van der Waals surface area contributed by atoms with Crippen LogP contribution in [0.4, 0.5) is 0 Å². The molecule has 43 heteroatoms. The van der Waals surface area contributed by atoms with Gasteiger partial charge in [-0.05, 0) is 75.8 Å². The van der Waals surface area contributed by atoms with Crippen LogP contribution in [-0.2, 0) is 109 Å². The minimum Gasteiger partial charge on any atom is -0.394 e. The summed E-state index contributed by atoms with van der Waals surface area (Å²) in [5.74, 6) is -11.6. The molecule has 113 heavy (non-hydrogen) atoms. The summed E-state index contributed by atoms with van der Waals surface area (Å²) < 4.78 is 21.7. The van der Waals surface area contributed by atoms with Gasteiger partial charge < -0.3 is 125 Å². The van der Waals surface area contributed by atoms with Crippen LogP contribution in [0, 0.1) is 11.8 Å². The number of nitrogens with two attached hydrogens (primary N) is 2. The van der Waals surface area contributed by atoms with Crippen molar-refractivity contribution < 1.29 is 101 Å². The molecule has 0 aliphatic heterocycles. The maximum atomic E-state index is 14.3. The number of carbonyl (C=O) groups is 16. The van der Waals surface area contributed by atoms with E-state index in [1.165, 1.54) is 38.1 Å². The second kappa shape index (κ2) is 53.8. The number of hydrogen-bond donors (Lipinski definition) is 19. The molecule has 41 nitrogen and oxygen atoms in total. The fourth-order valence-electron chi connectivity index (χ4n) is 10.3. The first kappa shape index (κ1) is 97.1. The standard InChI is InChI=1S/C70H112N20O21S2/c1-40(2)26-50(67(104)85-48(62(72)99)16-25-112-9)86-68(105)52(28-45-30-73-38-79-45)83-57(95)32-78-70(107)61(41(3)4)89-63(100)42(5)81-66(103)51(27-44-29-76-47-13-11-10-12-46(44)47)87-65(102)49(14-15-55(71)93)82-60(98)36-111-24-22-109-20-18-75-59(97)35-110-23-21-108-19-17-74-56(94)31-77-64(101)54(37-113-39-80-43(6)92)88-69(106)53(34-91)84-58(96)33-90(7)8/h10-13,29-30,38,40-42,48-54,61,76,91H,14-28,31-37,39H2,1-9H3,(H2,71,93)(H2,72,99)(H,73,79)(H,74,94)(H,75,97)(H,77,101)(H,78,107)(H,80,92)(H,81,103)(H,82,98)(H,83,95)(H,84,96)(H,85,104)(H,86,105)(H,87,102)(H,88,106)(H,89,100)/t42-,48-,49-,50-,51-,52-,53-,54-,61-/m0/s1. The van der Waals surface area contributed by atoms with Crippen LogP contribution in [0.5, 0.6) is 0 Å². The average molecular weight is 1630 g/mol. The number of amides is 16. The van der Waals surface area contributed by atoms with Crippen molar-refractivity contribution in [3.63, 3.8) is 0 Å². The summed E-state index contributed by atoms with van der Waals surface area (Å²) in [6.45, 7) is 6.80. The molecule has 0 radical (unpaired) electrons. The number of nitrogens with one attached hydrogen (secondary N) is 16. The number of hydrogen-bond acceptors (Lipinski definition) is 25. The van der Waals surface area contributed by atoms with E-state index in [2.05, 4.69) is 89.4 Å². The maximum Gasteiger partial charge on any atom is 0.246 e. The lowest BCUT2D eigenvalue weighted by Gasteiger charge is -2.26. The Bertz CT molecular complexity index is 3590. The first-order valence-corrected chi connectivity index (χ1v) is 39.0. The molecule has 2 aromatic heterocycles. The van der Waals surface area contributed by atoms with Crippen LogP contribution in [-0.4, -0.2) is 304 Å². The molecule has 16 amide bonds. The van der Waals surface area contributed by atoms with Gasteiger partial charge in [0.2, 0.25) is 94.5 Å². The van der Waals surface area contributed by atoms with E-state index in [4.69, 9.17) is 30.4 Å². The summed E-state index contributed by atoms with van der Waals surface area (Å²) in [6, 6.07) is -4.43. The molecule has 2 heterocycles. The van der Waals surface area contributed by atoms with Crippen LogP contribution >= 0.6 is 23.5 Å². The SMILES string of the molecule is CSCC[C@H](NC(=O)[C@H](CC(C)C)NC(=O)[C@H](Cc1cnc[nH]1)NC(=O)CNC(=O)[C@@H](NC(=O)[C@H](C)NC(=O)[C@H](Cc1c[nH]c2ccccc12)NC(=O)[C@H](CCC(N)=O)NC(=O)COCCOCCNC(=O)COCCOCCNC(=O)CNC(=O)[C@H](CSCNC(C)=O)NC(=O)[C@H](CO)NC(=O)CN(C)C)C(C)C)C(N)=O. The molecule has 0 aliphatic carbocycles. The molecule has 630 valence electrons. The molecule has 21 N–H and O–H groups in total. The number of imidazole rings is 1. The van der Waals surface area contributed by atoms with Gasteiger partial charge in [0.05, 0.1) is 78.1 Å². The van der Waals surface area contributed by atoms with E-state index < -0.39 is 175 Å². The first-order chi connectivity index (χ1) is 53.7. The fourth-order valence-corrected chi connectivity index (χ4v) is 11.7. The number of aromatic amines is 2. The van der Waals surface area contributed by atoms with Gasteiger partial charge >= 0.3 is 0 Å². The van der Waals surface area contributed by atoms with E-state index >= 15 is 0 Å². The molecule has 3 aromatic rings. The molecule has 0 spiro atoms. The van der Waals surface area contributed by atoms with Gasteiger partial charge in [-0.1, -0.05) is 45.9 Å². The number of aliphatic hydroxyl groups excluding tert-OH is 1. The zero-order chi connectivity index (χ0) is 84.0. The lowest BCUT2D eigenvalue weighted by atomic mass is 10.0. The highest BCUT2D eigenvalue weighted by molar-refractivity contribution is 7.99. The highest BCUT2D eigenvalue weighted by Gasteiger charge is 2.35. The van der Waals surface area contributed by atoms with Crippen LogP contribution in [0.15, 0.2) is 43.0 Å². The smallest absolute Gasteiger partial charge is 0.246 e. The van der Waals surface area contributed by atoms with Crippen LogP contribution in [0.25, 0.3) is 10.9 Å². The van der Waals surface area contributed by atoms with E-state index in [0.717, 1.165) is 11.8 Å². The number of aliphatic hydroxyl groups is 1. The summed E-state index contributed by atoms with van der Waals surface area (Å²) in [7, 11) is 3.27. The number of thioether (sulfide) groups is 2. The molecular formula is C70H112N20O21S2. The predicted molar refractivity (Wildman–Crippen MR) is 414 cm³/mol. The summed E-state index contributed by atoms with van der Waals surface area (Å²) in [4.78, 5) is 220. The molecule has 1 aromatic carbocycles. The molecule has 0 saturated heterocycles. The number of fused-ring (bicyclic) bond motifs is 1. The second-order valence-electron chi connectivity index (χ2n) is 26.9. The van der Waals surface area contributed by atoms with Crippen molar-refractivity contribution in [3.05, 3.63) is 54.2 Å². The quantitative estimate of drug-likeness (QED) is 0.0184. The number of para-hydroxylation sites is 1. The average Bonchev–Trinajstić information content (AvgIpc) is 1.69. The summed E-state index contributed by atoms with van der Waals surface area (Å²) in [6.07, 6.45) is 5.73. The van der Waals surface area contributed by atoms with Crippen molar-refractivity contribution in [1.82, 2.24) is 94.3 Å². The molecule has 0 unspecified atom stereocenters. The summed E-state index contributed by atoms with van der Waals surface area (Å²) in [5.41, 5.74) is 12.7. The molecule has 3 rings (SSSR count). The Morgan fingerprint density at radius 3 is 1.72 bits per heavy atom. The number of primary amides is 2. The number of benzene rings is 1. The molecule has 0 fully saturated rings. The highest BCUT2D eigenvalue weighted by atomic mass is 32.2. The number of rotatable bonds is 58. The fraction of sp³-hybridized carbons (Fsp3) is 0.614. The van der Waals surface area contributed by atoms with E-state index in [9.17, 15) is 81.8 Å². The van der Waals surface area contributed by atoms with Crippen molar-refractivity contribution in [1.29, 1.82) is 0 Å². The molecule has 9 atom stereocenters. The van der Waals surface area contributed by atoms with Gasteiger partial charge in [0.25, 0.3) is 0 Å². The normalized spacial score (nSPS) is 13.6. The van der Waals surface area contributed by atoms with Gasteiger partial charge in [-0.25, -0.2) is 4.98 Å².